The molecule has 0 radical (unpaired) electrons. The molecule has 0 spiro atoms. The van der Waals surface area contributed by atoms with Crippen LogP contribution in [0.1, 0.15) is 11.6 Å². The smallest absolute Gasteiger partial charge is 0.258 e. The first-order valence-electron chi connectivity index (χ1n) is 10.0. The molecule has 29 heavy (non-hydrogen) atoms. The second-order valence-corrected chi connectivity index (χ2v) is 7.18. The molecule has 5 heteroatoms. The van der Waals surface area contributed by atoms with E-state index in [4.69, 9.17) is 9.47 Å². The first-order valence-corrected chi connectivity index (χ1v) is 10.0. The standard InChI is InChI=1S/C24H26N2O3/c27-24(18-29-22-11-10-19-6-4-5-9-21(19)16-22)25-17-23(20-7-2-1-3-8-20)26-12-14-28-15-13-26/h1-11,16,23H,12-15,17-18H2,(H,25,27)/t23-/m0/s1. The first-order chi connectivity index (χ1) is 14.3. The van der Waals surface area contributed by atoms with Gasteiger partial charge >= 0.3 is 0 Å². The van der Waals surface area contributed by atoms with E-state index in [0.717, 1.165) is 37.1 Å². The molecule has 150 valence electrons. The highest BCUT2D eigenvalue weighted by Crippen LogP contribution is 2.22. The summed E-state index contributed by atoms with van der Waals surface area (Å²) in [6, 6.07) is 24.4. The van der Waals surface area contributed by atoms with Crippen LogP contribution in [0.5, 0.6) is 5.75 Å². The number of amides is 1. The lowest BCUT2D eigenvalue weighted by atomic mass is 10.0. The van der Waals surface area contributed by atoms with Crippen molar-refractivity contribution in [3.05, 3.63) is 78.4 Å². The fourth-order valence-electron chi connectivity index (χ4n) is 3.69. The van der Waals surface area contributed by atoms with Crippen LogP contribution in [-0.2, 0) is 9.53 Å². The number of benzene rings is 3. The number of carbonyl (C=O) groups excluding carboxylic acids is 1. The van der Waals surface area contributed by atoms with E-state index in [-0.39, 0.29) is 18.6 Å². The summed E-state index contributed by atoms with van der Waals surface area (Å²) in [5.74, 6) is 0.582. The van der Waals surface area contributed by atoms with Gasteiger partial charge in [-0.2, -0.15) is 0 Å². The van der Waals surface area contributed by atoms with Gasteiger partial charge in [0.2, 0.25) is 0 Å². The molecule has 1 aliphatic rings. The highest BCUT2D eigenvalue weighted by atomic mass is 16.5. The summed E-state index contributed by atoms with van der Waals surface area (Å²) >= 11 is 0. The van der Waals surface area contributed by atoms with E-state index in [0.29, 0.717) is 12.3 Å². The van der Waals surface area contributed by atoms with Gasteiger partial charge in [0.25, 0.3) is 5.91 Å². The van der Waals surface area contributed by atoms with Crippen molar-refractivity contribution >= 4 is 16.7 Å². The number of rotatable bonds is 7. The van der Waals surface area contributed by atoms with Crippen molar-refractivity contribution in [3.8, 4) is 5.75 Å². The molecule has 5 nitrogen and oxygen atoms in total. The molecule has 0 saturated carbocycles. The first kappa shape index (κ1) is 19.4. The average molecular weight is 390 g/mol. The number of hydrogen-bond acceptors (Lipinski definition) is 4. The molecule has 3 aromatic carbocycles. The third kappa shape index (κ3) is 5.13. The zero-order valence-corrected chi connectivity index (χ0v) is 16.4. The molecule has 1 heterocycles. The van der Waals surface area contributed by atoms with Crippen molar-refractivity contribution in [2.75, 3.05) is 39.5 Å². The van der Waals surface area contributed by atoms with Gasteiger partial charge in [-0.15, -0.1) is 0 Å². The predicted octanol–water partition coefficient (Wildman–Crippen LogP) is 3.41. The van der Waals surface area contributed by atoms with Crippen molar-refractivity contribution < 1.29 is 14.3 Å². The summed E-state index contributed by atoms with van der Waals surface area (Å²) in [7, 11) is 0. The molecule has 1 amide bonds. The van der Waals surface area contributed by atoms with Crippen LogP contribution in [0.4, 0.5) is 0 Å². The summed E-state index contributed by atoms with van der Waals surface area (Å²) in [6.45, 7) is 3.73. The Hall–Kier alpha value is -2.89. The van der Waals surface area contributed by atoms with Crippen LogP contribution < -0.4 is 10.1 Å². The summed E-state index contributed by atoms with van der Waals surface area (Å²) in [4.78, 5) is 14.8. The maximum Gasteiger partial charge on any atom is 0.258 e. The van der Waals surface area contributed by atoms with E-state index in [9.17, 15) is 4.79 Å². The number of fused-ring (bicyclic) bond motifs is 1. The Morgan fingerprint density at radius 1 is 0.966 bits per heavy atom. The minimum atomic E-state index is -0.118. The lowest BCUT2D eigenvalue weighted by Gasteiger charge is -2.34. The van der Waals surface area contributed by atoms with Gasteiger partial charge < -0.3 is 14.8 Å². The molecular weight excluding hydrogens is 364 g/mol. The monoisotopic (exact) mass is 390 g/mol. The molecule has 1 fully saturated rings. The molecule has 0 aliphatic carbocycles. The van der Waals surface area contributed by atoms with Crippen molar-refractivity contribution in [3.63, 3.8) is 0 Å². The van der Waals surface area contributed by atoms with E-state index in [1.54, 1.807) is 0 Å². The molecule has 0 aromatic heterocycles. The van der Waals surface area contributed by atoms with Gasteiger partial charge in [-0.25, -0.2) is 0 Å². The molecule has 1 N–H and O–H groups in total. The van der Waals surface area contributed by atoms with Crippen molar-refractivity contribution in [2.24, 2.45) is 0 Å². The second-order valence-electron chi connectivity index (χ2n) is 7.18. The zero-order valence-electron chi connectivity index (χ0n) is 16.4. The Bertz CT molecular complexity index is 939. The Morgan fingerprint density at radius 2 is 1.69 bits per heavy atom. The molecule has 0 unspecified atom stereocenters. The molecule has 0 bridgehead atoms. The summed E-state index contributed by atoms with van der Waals surface area (Å²) in [5.41, 5.74) is 1.20. The van der Waals surface area contributed by atoms with Gasteiger partial charge in [-0.05, 0) is 28.5 Å². The fourth-order valence-corrected chi connectivity index (χ4v) is 3.69. The molecule has 4 rings (SSSR count). The van der Waals surface area contributed by atoms with Crippen LogP contribution in [0.2, 0.25) is 0 Å². The van der Waals surface area contributed by atoms with Gasteiger partial charge in [0.05, 0.1) is 19.3 Å². The van der Waals surface area contributed by atoms with Gasteiger partial charge in [0.15, 0.2) is 6.61 Å². The Balaban J connectivity index is 1.34. The van der Waals surface area contributed by atoms with E-state index in [1.807, 2.05) is 54.6 Å². The van der Waals surface area contributed by atoms with E-state index in [2.05, 4.69) is 28.4 Å². The third-order valence-corrected chi connectivity index (χ3v) is 5.25. The van der Waals surface area contributed by atoms with Crippen molar-refractivity contribution in [1.29, 1.82) is 0 Å². The molecular formula is C24H26N2O3. The lowest BCUT2D eigenvalue weighted by molar-refractivity contribution is -0.123. The van der Waals surface area contributed by atoms with Crippen LogP contribution in [0.15, 0.2) is 72.8 Å². The highest BCUT2D eigenvalue weighted by molar-refractivity contribution is 5.84. The highest BCUT2D eigenvalue weighted by Gasteiger charge is 2.23. The minimum Gasteiger partial charge on any atom is -0.484 e. The average Bonchev–Trinajstić information content (AvgIpc) is 2.79. The van der Waals surface area contributed by atoms with Gasteiger partial charge in [0.1, 0.15) is 5.75 Å². The van der Waals surface area contributed by atoms with Crippen LogP contribution >= 0.6 is 0 Å². The van der Waals surface area contributed by atoms with E-state index >= 15 is 0 Å². The van der Waals surface area contributed by atoms with E-state index < -0.39 is 0 Å². The minimum absolute atomic E-state index is 0.00294. The molecule has 1 saturated heterocycles. The molecule has 1 atom stereocenters. The number of morpholine rings is 1. The van der Waals surface area contributed by atoms with Gasteiger partial charge in [0, 0.05) is 19.6 Å². The summed E-state index contributed by atoms with van der Waals surface area (Å²) < 4.78 is 11.2. The quantitative estimate of drug-likeness (QED) is 0.672. The number of nitrogens with one attached hydrogen (secondary N) is 1. The van der Waals surface area contributed by atoms with Gasteiger partial charge in [-0.3, -0.25) is 9.69 Å². The van der Waals surface area contributed by atoms with Crippen LogP contribution in [-0.4, -0.2) is 50.3 Å². The topological polar surface area (TPSA) is 50.8 Å². The maximum absolute atomic E-state index is 12.4. The number of carbonyl (C=O) groups is 1. The van der Waals surface area contributed by atoms with Crippen molar-refractivity contribution in [1.82, 2.24) is 10.2 Å². The van der Waals surface area contributed by atoms with Crippen molar-refractivity contribution in [2.45, 2.75) is 6.04 Å². The van der Waals surface area contributed by atoms with Crippen LogP contribution in [0.3, 0.4) is 0 Å². The molecule has 1 aliphatic heterocycles. The largest absolute Gasteiger partial charge is 0.484 e. The van der Waals surface area contributed by atoms with Gasteiger partial charge in [-0.1, -0.05) is 60.7 Å². The lowest BCUT2D eigenvalue weighted by Crippen LogP contribution is -2.44. The Kier molecular flexibility index (Phi) is 6.39. The maximum atomic E-state index is 12.4. The van der Waals surface area contributed by atoms with Crippen LogP contribution in [0, 0.1) is 0 Å². The molecule has 3 aromatic rings. The van der Waals surface area contributed by atoms with Crippen LogP contribution in [0.25, 0.3) is 10.8 Å². The fraction of sp³-hybridized carbons (Fsp3) is 0.292. The number of hydrogen-bond donors (Lipinski definition) is 1. The Labute approximate surface area is 171 Å². The Morgan fingerprint density at radius 3 is 2.48 bits per heavy atom. The summed E-state index contributed by atoms with van der Waals surface area (Å²) in [6.07, 6.45) is 0. The third-order valence-electron chi connectivity index (χ3n) is 5.25. The normalized spacial score (nSPS) is 15.7. The zero-order chi connectivity index (χ0) is 19.9. The number of nitrogens with zero attached hydrogens (tertiary/aromatic N) is 1. The SMILES string of the molecule is O=C(COc1ccc2ccccc2c1)NC[C@@H](c1ccccc1)N1CCOCC1. The second kappa shape index (κ2) is 9.54. The van der Waals surface area contributed by atoms with E-state index in [1.165, 1.54) is 5.56 Å². The number of ether oxygens (including phenoxy) is 2. The predicted molar refractivity (Wildman–Crippen MR) is 114 cm³/mol. The summed E-state index contributed by atoms with van der Waals surface area (Å²) in [5, 5.41) is 5.29.